The first-order chi connectivity index (χ1) is 6.88. The van der Waals surface area contributed by atoms with Crippen molar-refractivity contribution in [2.24, 2.45) is 0 Å². The number of hydrogen-bond acceptors (Lipinski definition) is 3. The van der Waals surface area contributed by atoms with Crippen LogP contribution in [0.3, 0.4) is 0 Å². The van der Waals surface area contributed by atoms with Crippen LogP contribution in [0.25, 0.3) is 0 Å². The van der Waals surface area contributed by atoms with Gasteiger partial charge in [0, 0.05) is 10.4 Å². The minimum atomic E-state index is -0.202. The molecule has 0 saturated carbocycles. The van der Waals surface area contributed by atoms with E-state index in [9.17, 15) is 4.79 Å². The second-order valence-corrected chi connectivity index (χ2v) is 5.36. The fraction of sp³-hybridized carbons (Fsp3) is 0.600. The van der Waals surface area contributed by atoms with Gasteiger partial charge < -0.3 is 10.6 Å². The van der Waals surface area contributed by atoms with E-state index in [0.29, 0.717) is 6.54 Å². The van der Waals surface area contributed by atoms with Crippen LogP contribution >= 0.6 is 11.3 Å². The second kappa shape index (κ2) is 4.61. The SMILES string of the molecule is Cc1ncsc1CNC(=O)NC(C)(C)C. The molecule has 0 saturated heterocycles. The Morgan fingerprint density at radius 1 is 1.53 bits per heavy atom. The normalized spacial score (nSPS) is 11.2. The van der Waals surface area contributed by atoms with Crippen LogP contribution in [0.1, 0.15) is 31.3 Å². The number of rotatable bonds is 2. The first-order valence-corrected chi connectivity index (χ1v) is 5.71. The molecule has 0 aromatic carbocycles. The van der Waals surface area contributed by atoms with Gasteiger partial charge in [0.25, 0.3) is 0 Å². The van der Waals surface area contributed by atoms with Gasteiger partial charge in [0.2, 0.25) is 0 Å². The summed E-state index contributed by atoms with van der Waals surface area (Å²) in [5.74, 6) is 0. The molecule has 84 valence electrons. The van der Waals surface area contributed by atoms with E-state index in [4.69, 9.17) is 0 Å². The zero-order valence-electron chi connectivity index (χ0n) is 9.55. The number of thiazole rings is 1. The van der Waals surface area contributed by atoms with Gasteiger partial charge in [-0.2, -0.15) is 0 Å². The molecule has 0 radical (unpaired) electrons. The minimum Gasteiger partial charge on any atom is -0.334 e. The molecule has 0 bridgehead atoms. The summed E-state index contributed by atoms with van der Waals surface area (Å²) in [6.07, 6.45) is 0. The highest BCUT2D eigenvalue weighted by Crippen LogP contribution is 2.11. The van der Waals surface area contributed by atoms with Gasteiger partial charge in [-0.05, 0) is 27.7 Å². The highest BCUT2D eigenvalue weighted by Gasteiger charge is 2.13. The molecule has 1 heterocycles. The van der Waals surface area contributed by atoms with Crippen molar-refractivity contribution >= 4 is 17.4 Å². The Balaban J connectivity index is 2.38. The Bertz CT molecular complexity index is 341. The van der Waals surface area contributed by atoms with Crippen LogP contribution in [-0.2, 0) is 6.54 Å². The van der Waals surface area contributed by atoms with Gasteiger partial charge in [-0.3, -0.25) is 0 Å². The summed E-state index contributed by atoms with van der Waals surface area (Å²) in [6, 6.07) is -0.143. The molecule has 2 amide bonds. The van der Waals surface area contributed by atoms with Crippen LogP contribution in [-0.4, -0.2) is 16.6 Å². The van der Waals surface area contributed by atoms with E-state index in [1.807, 2.05) is 27.7 Å². The summed E-state index contributed by atoms with van der Waals surface area (Å²) in [4.78, 5) is 16.6. The van der Waals surface area contributed by atoms with E-state index in [1.165, 1.54) is 0 Å². The standard InChI is InChI=1S/C10H17N3OS/c1-7-8(15-6-12-7)5-11-9(14)13-10(2,3)4/h6H,5H2,1-4H3,(H2,11,13,14). The second-order valence-electron chi connectivity index (χ2n) is 4.42. The summed E-state index contributed by atoms with van der Waals surface area (Å²) in [7, 11) is 0. The van der Waals surface area contributed by atoms with Gasteiger partial charge in [-0.25, -0.2) is 9.78 Å². The topological polar surface area (TPSA) is 54.0 Å². The fourth-order valence-electron chi connectivity index (χ4n) is 1.04. The van der Waals surface area contributed by atoms with Crippen LogP contribution in [0, 0.1) is 6.92 Å². The van der Waals surface area contributed by atoms with Crippen molar-refractivity contribution in [2.45, 2.75) is 39.8 Å². The van der Waals surface area contributed by atoms with E-state index < -0.39 is 0 Å². The molecular formula is C10H17N3OS. The van der Waals surface area contributed by atoms with Crippen LogP contribution in [0.4, 0.5) is 4.79 Å². The maximum atomic E-state index is 11.4. The summed E-state index contributed by atoms with van der Waals surface area (Å²) in [5.41, 5.74) is 2.57. The molecule has 1 aromatic heterocycles. The Morgan fingerprint density at radius 3 is 2.67 bits per heavy atom. The third kappa shape index (κ3) is 4.29. The zero-order chi connectivity index (χ0) is 11.5. The lowest BCUT2D eigenvalue weighted by Crippen LogP contribution is -2.46. The molecule has 0 aliphatic carbocycles. The zero-order valence-corrected chi connectivity index (χ0v) is 10.4. The number of aromatic nitrogens is 1. The molecule has 2 N–H and O–H groups in total. The number of nitrogens with zero attached hydrogens (tertiary/aromatic N) is 1. The summed E-state index contributed by atoms with van der Waals surface area (Å²) in [5, 5.41) is 5.64. The van der Waals surface area contributed by atoms with Crippen molar-refractivity contribution in [3.8, 4) is 0 Å². The van der Waals surface area contributed by atoms with Crippen LogP contribution in [0.2, 0.25) is 0 Å². The predicted octanol–water partition coefficient (Wildman–Crippen LogP) is 2.05. The summed E-state index contributed by atoms with van der Waals surface area (Å²) < 4.78 is 0. The number of amides is 2. The van der Waals surface area contributed by atoms with Crippen molar-refractivity contribution in [2.75, 3.05) is 0 Å². The van der Waals surface area contributed by atoms with Crippen molar-refractivity contribution in [3.63, 3.8) is 0 Å². The Morgan fingerprint density at radius 2 is 2.20 bits per heavy atom. The van der Waals surface area contributed by atoms with E-state index in [-0.39, 0.29) is 11.6 Å². The maximum absolute atomic E-state index is 11.4. The molecule has 1 aromatic rings. The Kier molecular flexibility index (Phi) is 3.68. The van der Waals surface area contributed by atoms with E-state index in [0.717, 1.165) is 10.6 Å². The third-order valence-corrected chi connectivity index (χ3v) is 2.68. The average Bonchev–Trinajstić information content (AvgIpc) is 2.44. The number of carbonyl (C=O) groups is 1. The first kappa shape index (κ1) is 12.0. The summed E-state index contributed by atoms with van der Waals surface area (Å²) >= 11 is 1.56. The molecular weight excluding hydrogens is 210 g/mol. The molecule has 5 heteroatoms. The van der Waals surface area contributed by atoms with Gasteiger partial charge in [0.1, 0.15) is 0 Å². The van der Waals surface area contributed by atoms with Gasteiger partial charge in [0.15, 0.2) is 0 Å². The van der Waals surface area contributed by atoms with Crippen LogP contribution < -0.4 is 10.6 Å². The van der Waals surface area contributed by atoms with Crippen molar-refractivity contribution in [1.29, 1.82) is 0 Å². The number of nitrogens with one attached hydrogen (secondary N) is 2. The quantitative estimate of drug-likeness (QED) is 0.812. The molecule has 15 heavy (non-hydrogen) atoms. The molecule has 4 nitrogen and oxygen atoms in total. The largest absolute Gasteiger partial charge is 0.334 e. The fourth-order valence-corrected chi connectivity index (χ4v) is 1.76. The number of aryl methyl sites for hydroxylation is 1. The number of carbonyl (C=O) groups excluding carboxylic acids is 1. The van der Waals surface area contributed by atoms with Crippen molar-refractivity contribution in [3.05, 3.63) is 16.1 Å². The van der Waals surface area contributed by atoms with E-state index in [2.05, 4.69) is 15.6 Å². The molecule has 0 aliphatic heterocycles. The average molecular weight is 227 g/mol. The molecule has 0 atom stereocenters. The summed E-state index contributed by atoms with van der Waals surface area (Å²) in [6.45, 7) is 8.33. The lowest BCUT2D eigenvalue weighted by Gasteiger charge is -2.20. The number of hydrogen-bond donors (Lipinski definition) is 2. The highest BCUT2D eigenvalue weighted by atomic mass is 32.1. The van der Waals surface area contributed by atoms with Gasteiger partial charge in [0.05, 0.1) is 17.7 Å². The lowest BCUT2D eigenvalue weighted by atomic mass is 10.1. The predicted molar refractivity (Wildman–Crippen MR) is 62.0 cm³/mol. The smallest absolute Gasteiger partial charge is 0.315 e. The third-order valence-electron chi connectivity index (χ3n) is 1.74. The Labute approximate surface area is 94.1 Å². The van der Waals surface area contributed by atoms with Gasteiger partial charge >= 0.3 is 6.03 Å². The van der Waals surface area contributed by atoms with Gasteiger partial charge in [-0.1, -0.05) is 0 Å². The first-order valence-electron chi connectivity index (χ1n) is 4.83. The molecule has 0 spiro atoms. The molecule has 1 rings (SSSR count). The van der Waals surface area contributed by atoms with Crippen molar-refractivity contribution in [1.82, 2.24) is 15.6 Å². The maximum Gasteiger partial charge on any atom is 0.315 e. The molecule has 0 unspecified atom stereocenters. The van der Waals surface area contributed by atoms with Crippen LogP contribution in [0.15, 0.2) is 5.51 Å². The lowest BCUT2D eigenvalue weighted by molar-refractivity contribution is 0.231. The number of urea groups is 1. The van der Waals surface area contributed by atoms with Gasteiger partial charge in [-0.15, -0.1) is 11.3 Å². The van der Waals surface area contributed by atoms with E-state index in [1.54, 1.807) is 16.8 Å². The molecule has 0 aliphatic rings. The highest BCUT2D eigenvalue weighted by molar-refractivity contribution is 7.09. The van der Waals surface area contributed by atoms with E-state index >= 15 is 0 Å². The Hall–Kier alpha value is -1.10. The molecule has 0 fully saturated rings. The monoisotopic (exact) mass is 227 g/mol. The van der Waals surface area contributed by atoms with Crippen LogP contribution in [0.5, 0.6) is 0 Å². The minimum absolute atomic E-state index is 0.143. The van der Waals surface area contributed by atoms with Crippen molar-refractivity contribution < 1.29 is 4.79 Å².